The fourth-order valence-corrected chi connectivity index (χ4v) is 1.55. The fraction of sp³-hybridized carbons (Fsp3) is 0.182. The molecule has 5 nitrogen and oxygen atoms in total. The van der Waals surface area contributed by atoms with E-state index in [9.17, 15) is 4.79 Å². The molecule has 0 aliphatic rings. The smallest absolute Gasteiger partial charge is 0.302 e. The Hall–Kier alpha value is -1.85. The fourth-order valence-electron chi connectivity index (χ4n) is 1.55. The van der Waals surface area contributed by atoms with Gasteiger partial charge in [0.05, 0.1) is 12.3 Å². The number of hydrogen-bond donors (Lipinski definition) is 1. The first-order valence-corrected chi connectivity index (χ1v) is 4.87. The van der Waals surface area contributed by atoms with Crippen LogP contribution in [0, 0.1) is 0 Å². The molecule has 1 aromatic heterocycles. The molecule has 16 heavy (non-hydrogen) atoms. The van der Waals surface area contributed by atoms with E-state index >= 15 is 0 Å². The molecule has 1 aromatic carbocycles. The van der Waals surface area contributed by atoms with Crippen molar-refractivity contribution in [3.63, 3.8) is 0 Å². The number of rotatable bonds is 3. The molecule has 0 amide bonds. The van der Waals surface area contributed by atoms with Crippen LogP contribution in [0.15, 0.2) is 41.5 Å². The van der Waals surface area contributed by atoms with E-state index in [-0.39, 0.29) is 5.69 Å². The SMILES string of the molecule is Cn1ccn(-c2cccc(CON)c2)c1=O. The lowest BCUT2D eigenvalue weighted by molar-refractivity contribution is 0.124. The van der Waals surface area contributed by atoms with Gasteiger partial charge in [0.2, 0.25) is 0 Å². The molecule has 0 aliphatic carbocycles. The molecule has 2 aromatic rings. The van der Waals surface area contributed by atoms with Crippen molar-refractivity contribution in [1.82, 2.24) is 9.13 Å². The second-order valence-electron chi connectivity index (χ2n) is 3.54. The van der Waals surface area contributed by atoms with Gasteiger partial charge in [0.1, 0.15) is 0 Å². The minimum absolute atomic E-state index is 0.0779. The van der Waals surface area contributed by atoms with Crippen LogP contribution >= 0.6 is 0 Å². The van der Waals surface area contributed by atoms with Crippen LogP contribution < -0.4 is 11.6 Å². The lowest BCUT2D eigenvalue weighted by atomic mass is 10.2. The highest BCUT2D eigenvalue weighted by molar-refractivity contribution is 5.35. The number of nitrogens with zero attached hydrogens (tertiary/aromatic N) is 2. The molecular weight excluding hydrogens is 206 g/mol. The lowest BCUT2D eigenvalue weighted by Gasteiger charge is -2.04. The van der Waals surface area contributed by atoms with Gasteiger partial charge in [0.15, 0.2) is 0 Å². The minimum Gasteiger partial charge on any atom is -0.302 e. The van der Waals surface area contributed by atoms with Crippen molar-refractivity contribution >= 4 is 0 Å². The van der Waals surface area contributed by atoms with E-state index in [1.807, 2.05) is 24.3 Å². The summed E-state index contributed by atoms with van der Waals surface area (Å²) in [6.07, 6.45) is 3.44. The summed E-state index contributed by atoms with van der Waals surface area (Å²) in [4.78, 5) is 16.3. The highest BCUT2D eigenvalue weighted by Gasteiger charge is 2.03. The van der Waals surface area contributed by atoms with Crippen molar-refractivity contribution in [2.75, 3.05) is 0 Å². The summed E-state index contributed by atoms with van der Waals surface area (Å²) in [5, 5.41) is 0. The molecule has 0 fully saturated rings. The van der Waals surface area contributed by atoms with E-state index in [0.29, 0.717) is 6.61 Å². The van der Waals surface area contributed by atoms with Gasteiger partial charge in [-0.3, -0.25) is 9.40 Å². The Morgan fingerprint density at radius 2 is 2.19 bits per heavy atom. The molecule has 0 atom stereocenters. The van der Waals surface area contributed by atoms with Gasteiger partial charge in [-0.15, -0.1) is 0 Å². The number of hydrogen-bond acceptors (Lipinski definition) is 3. The normalized spacial score (nSPS) is 10.6. The summed E-state index contributed by atoms with van der Waals surface area (Å²) in [5.74, 6) is 5.01. The molecule has 5 heteroatoms. The summed E-state index contributed by atoms with van der Waals surface area (Å²) >= 11 is 0. The summed E-state index contributed by atoms with van der Waals surface area (Å²) in [6.45, 7) is 0.329. The van der Waals surface area contributed by atoms with Crippen LogP contribution in [0.1, 0.15) is 5.56 Å². The first kappa shape index (κ1) is 10.7. The standard InChI is InChI=1S/C11H13N3O2/c1-13-5-6-14(11(13)15)10-4-2-3-9(7-10)8-16-12/h2-7H,8,12H2,1H3. The molecule has 0 saturated heterocycles. The number of imidazole rings is 1. The second-order valence-corrected chi connectivity index (χ2v) is 3.54. The first-order valence-electron chi connectivity index (χ1n) is 4.87. The van der Waals surface area contributed by atoms with Gasteiger partial charge >= 0.3 is 5.69 Å². The van der Waals surface area contributed by atoms with Crippen molar-refractivity contribution in [3.8, 4) is 5.69 Å². The zero-order valence-electron chi connectivity index (χ0n) is 8.96. The Labute approximate surface area is 92.6 Å². The summed E-state index contributed by atoms with van der Waals surface area (Å²) in [6, 6.07) is 7.49. The first-order chi connectivity index (χ1) is 7.72. The molecule has 1 heterocycles. The quantitative estimate of drug-likeness (QED) is 0.767. The van der Waals surface area contributed by atoms with E-state index in [4.69, 9.17) is 5.90 Å². The van der Waals surface area contributed by atoms with E-state index < -0.39 is 0 Å². The van der Waals surface area contributed by atoms with Gasteiger partial charge in [-0.05, 0) is 17.7 Å². The van der Waals surface area contributed by atoms with E-state index in [0.717, 1.165) is 11.3 Å². The van der Waals surface area contributed by atoms with Gasteiger partial charge < -0.3 is 4.57 Å². The van der Waals surface area contributed by atoms with Gasteiger partial charge in [-0.1, -0.05) is 12.1 Å². The van der Waals surface area contributed by atoms with Gasteiger partial charge in [-0.25, -0.2) is 10.7 Å². The molecule has 2 N–H and O–H groups in total. The molecule has 0 bridgehead atoms. The highest BCUT2D eigenvalue weighted by Crippen LogP contribution is 2.09. The van der Waals surface area contributed by atoms with Crippen LogP contribution in [0.3, 0.4) is 0 Å². The number of aromatic nitrogens is 2. The number of nitrogens with two attached hydrogens (primary N) is 1. The van der Waals surface area contributed by atoms with Crippen LogP contribution in [-0.4, -0.2) is 9.13 Å². The Morgan fingerprint density at radius 3 is 2.81 bits per heavy atom. The zero-order valence-corrected chi connectivity index (χ0v) is 8.96. The van der Waals surface area contributed by atoms with Crippen LogP contribution in [0.4, 0.5) is 0 Å². The predicted molar refractivity (Wildman–Crippen MR) is 60.0 cm³/mol. The maximum absolute atomic E-state index is 11.7. The van der Waals surface area contributed by atoms with E-state index in [2.05, 4.69) is 4.84 Å². The van der Waals surface area contributed by atoms with Crippen LogP contribution in [0.2, 0.25) is 0 Å². The van der Waals surface area contributed by atoms with Gasteiger partial charge in [0, 0.05) is 19.4 Å². The minimum atomic E-state index is -0.0779. The predicted octanol–water partition coefficient (Wildman–Crippen LogP) is 0.566. The van der Waals surface area contributed by atoms with Gasteiger partial charge in [0.25, 0.3) is 0 Å². The third-order valence-corrected chi connectivity index (χ3v) is 2.39. The third kappa shape index (κ3) is 1.91. The zero-order chi connectivity index (χ0) is 11.5. The van der Waals surface area contributed by atoms with Crippen molar-refractivity contribution in [2.24, 2.45) is 12.9 Å². The summed E-state index contributed by atoms with van der Waals surface area (Å²) in [7, 11) is 1.71. The molecule has 0 spiro atoms. The Kier molecular flexibility index (Phi) is 2.89. The maximum Gasteiger partial charge on any atom is 0.332 e. The van der Waals surface area contributed by atoms with Crippen LogP contribution in [0.5, 0.6) is 0 Å². The second kappa shape index (κ2) is 4.34. The molecule has 0 aliphatic heterocycles. The van der Waals surface area contributed by atoms with Crippen molar-refractivity contribution in [1.29, 1.82) is 0 Å². The number of aryl methyl sites for hydroxylation is 1. The maximum atomic E-state index is 11.7. The monoisotopic (exact) mass is 219 g/mol. The van der Waals surface area contributed by atoms with Crippen LogP contribution in [-0.2, 0) is 18.5 Å². The molecule has 2 rings (SSSR count). The Morgan fingerprint density at radius 1 is 1.38 bits per heavy atom. The van der Waals surface area contributed by atoms with Crippen LogP contribution in [0.25, 0.3) is 5.69 Å². The molecule has 0 saturated carbocycles. The Balaban J connectivity index is 2.44. The average molecular weight is 219 g/mol. The van der Waals surface area contributed by atoms with Crippen molar-refractivity contribution < 1.29 is 4.84 Å². The molecule has 0 radical (unpaired) electrons. The highest BCUT2D eigenvalue weighted by atomic mass is 16.6. The molecule has 84 valence electrons. The third-order valence-electron chi connectivity index (χ3n) is 2.39. The topological polar surface area (TPSA) is 62.2 Å². The van der Waals surface area contributed by atoms with E-state index in [1.165, 1.54) is 4.57 Å². The van der Waals surface area contributed by atoms with Crippen molar-refractivity contribution in [2.45, 2.75) is 6.61 Å². The van der Waals surface area contributed by atoms with Gasteiger partial charge in [-0.2, -0.15) is 0 Å². The lowest BCUT2D eigenvalue weighted by Crippen LogP contribution is -2.20. The Bertz CT molecular complexity index is 542. The summed E-state index contributed by atoms with van der Waals surface area (Å²) < 4.78 is 3.09. The van der Waals surface area contributed by atoms with Crippen molar-refractivity contribution in [3.05, 3.63) is 52.7 Å². The molecular formula is C11H13N3O2. The van der Waals surface area contributed by atoms with E-state index in [1.54, 1.807) is 24.0 Å². The summed E-state index contributed by atoms with van der Waals surface area (Å²) in [5.41, 5.74) is 1.65. The molecule has 0 unspecified atom stereocenters. The largest absolute Gasteiger partial charge is 0.332 e. The average Bonchev–Trinajstić information content (AvgIpc) is 2.61. The number of benzene rings is 1.